The van der Waals surface area contributed by atoms with Crippen LogP contribution in [0.5, 0.6) is 0 Å². The minimum absolute atomic E-state index is 0.0521. The number of fused-ring (bicyclic) bond motifs is 1. The number of hydrogen-bond acceptors (Lipinski definition) is 3. The smallest absolute Gasteiger partial charge is 0.317 e. The Labute approximate surface area is 96.9 Å². The van der Waals surface area contributed by atoms with Crippen molar-refractivity contribution in [2.75, 3.05) is 0 Å². The molecule has 2 N–H and O–H groups in total. The molecule has 0 saturated heterocycles. The fraction of sp³-hybridized carbons (Fsp3) is 0.0833. The molecule has 0 aliphatic carbocycles. The molecule has 0 aliphatic heterocycles. The van der Waals surface area contributed by atoms with Crippen molar-refractivity contribution in [2.45, 2.75) is 6.42 Å². The Bertz CT molecular complexity index is 611. The Morgan fingerprint density at radius 1 is 1.29 bits per heavy atom. The number of aromatic nitrogens is 1. The second-order valence-electron chi connectivity index (χ2n) is 3.14. The van der Waals surface area contributed by atoms with Gasteiger partial charge in [-0.15, -0.1) is 0 Å². The lowest BCUT2D eigenvalue weighted by molar-refractivity contribution is -0.135. The zero-order valence-corrected chi connectivity index (χ0v) is 8.88. The van der Waals surface area contributed by atoms with Crippen molar-refractivity contribution in [3.05, 3.63) is 46.8 Å². The van der Waals surface area contributed by atoms with Crippen LogP contribution in [0.2, 0.25) is 0 Å². The first-order valence-corrected chi connectivity index (χ1v) is 4.80. The summed E-state index contributed by atoms with van der Waals surface area (Å²) in [7, 11) is 0. The summed E-state index contributed by atoms with van der Waals surface area (Å²) in [5.74, 6) is -1.07. The van der Waals surface area contributed by atoms with Crippen LogP contribution in [-0.4, -0.2) is 16.1 Å². The number of benzene rings is 1. The first kappa shape index (κ1) is 12.5. The lowest BCUT2D eigenvalue weighted by atomic mass is 10.2. The Hall–Kier alpha value is -2.61. The van der Waals surface area contributed by atoms with Gasteiger partial charge in [-0.3, -0.25) is 9.59 Å². The van der Waals surface area contributed by atoms with E-state index in [1.807, 2.05) is 30.3 Å². The van der Waals surface area contributed by atoms with Crippen LogP contribution in [0.4, 0.5) is 0 Å². The molecule has 0 amide bonds. The van der Waals surface area contributed by atoms with E-state index in [-0.39, 0.29) is 5.56 Å². The van der Waals surface area contributed by atoms with Crippen molar-refractivity contribution in [1.82, 2.24) is 4.98 Å². The number of nitriles is 1. The summed E-state index contributed by atoms with van der Waals surface area (Å²) in [5.41, 5.74) is 0.837. The van der Waals surface area contributed by atoms with Gasteiger partial charge in [-0.1, -0.05) is 18.2 Å². The van der Waals surface area contributed by atoms with Crippen LogP contribution in [0.25, 0.3) is 10.9 Å². The first-order valence-electron chi connectivity index (χ1n) is 4.80. The van der Waals surface area contributed by atoms with Gasteiger partial charge in [0.1, 0.15) is 6.42 Å². The average molecular weight is 230 g/mol. The van der Waals surface area contributed by atoms with Crippen LogP contribution in [0.1, 0.15) is 6.42 Å². The largest absolute Gasteiger partial charge is 0.480 e. The third kappa shape index (κ3) is 4.18. The molecule has 0 saturated carbocycles. The third-order valence-corrected chi connectivity index (χ3v) is 1.86. The van der Waals surface area contributed by atoms with Crippen molar-refractivity contribution in [1.29, 1.82) is 5.26 Å². The SMILES string of the molecule is N#CCC(=O)O.O=c1ccc2ccccc2[nH]1. The number of pyridine rings is 1. The van der Waals surface area contributed by atoms with E-state index >= 15 is 0 Å². The van der Waals surface area contributed by atoms with Crippen LogP contribution in [0.3, 0.4) is 0 Å². The van der Waals surface area contributed by atoms with Crippen LogP contribution >= 0.6 is 0 Å². The average Bonchev–Trinajstić information content (AvgIpc) is 2.29. The number of aromatic amines is 1. The van der Waals surface area contributed by atoms with E-state index in [0.717, 1.165) is 10.9 Å². The number of aliphatic carboxylic acids is 1. The minimum Gasteiger partial charge on any atom is -0.480 e. The minimum atomic E-state index is -1.07. The summed E-state index contributed by atoms with van der Waals surface area (Å²) < 4.78 is 0. The van der Waals surface area contributed by atoms with E-state index in [1.165, 1.54) is 12.1 Å². The first-order chi connectivity index (χ1) is 8.13. The molecule has 86 valence electrons. The van der Waals surface area contributed by atoms with E-state index < -0.39 is 12.4 Å². The normalized spacial score (nSPS) is 8.88. The van der Waals surface area contributed by atoms with Gasteiger partial charge in [-0.25, -0.2) is 0 Å². The van der Waals surface area contributed by atoms with E-state index in [0.29, 0.717) is 0 Å². The van der Waals surface area contributed by atoms with Gasteiger partial charge in [-0.05, 0) is 17.5 Å². The molecule has 0 fully saturated rings. The van der Waals surface area contributed by atoms with Gasteiger partial charge in [0.05, 0.1) is 6.07 Å². The highest BCUT2D eigenvalue weighted by molar-refractivity contribution is 5.77. The number of nitrogens with zero attached hydrogens (tertiary/aromatic N) is 1. The molecule has 2 rings (SSSR count). The maximum Gasteiger partial charge on any atom is 0.317 e. The second kappa shape index (κ2) is 6.08. The zero-order chi connectivity index (χ0) is 12.7. The molecular weight excluding hydrogens is 220 g/mol. The van der Waals surface area contributed by atoms with Crippen molar-refractivity contribution < 1.29 is 9.90 Å². The number of H-pyrrole nitrogens is 1. The van der Waals surface area contributed by atoms with Crippen LogP contribution in [0, 0.1) is 11.3 Å². The summed E-state index contributed by atoms with van der Waals surface area (Å²) in [4.78, 5) is 22.9. The number of carbonyl (C=O) groups is 1. The summed E-state index contributed by atoms with van der Waals surface area (Å²) in [5, 5.41) is 16.4. The molecule has 1 heterocycles. The monoisotopic (exact) mass is 230 g/mol. The quantitative estimate of drug-likeness (QED) is 0.776. The Balaban J connectivity index is 0.000000209. The topological polar surface area (TPSA) is 93.9 Å². The number of carboxylic acids is 1. The van der Waals surface area contributed by atoms with Gasteiger partial charge < -0.3 is 10.1 Å². The van der Waals surface area contributed by atoms with Gasteiger partial charge in [0.2, 0.25) is 5.56 Å². The summed E-state index contributed by atoms with van der Waals surface area (Å²) in [6, 6.07) is 12.5. The van der Waals surface area contributed by atoms with Crippen molar-refractivity contribution in [3.63, 3.8) is 0 Å². The van der Waals surface area contributed by atoms with E-state index in [9.17, 15) is 9.59 Å². The third-order valence-electron chi connectivity index (χ3n) is 1.86. The highest BCUT2D eigenvalue weighted by Gasteiger charge is 1.89. The lowest BCUT2D eigenvalue weighted by Crippen LogP contribution is -2.01. The molecule has 17 heavy (non-hydrogen) atoms. The molecule has 1 aromatic heterocycles. The molecule has 0 bridgehead atoms. The molecular formula is C12H10N2O3. The molecule has 2 aromatic rings. The van der Waals surface area contributed by atoms with Gasteiger partial charge in [0.25, 0.3) is 0 Å². The predicted molar refractivity (Wildman–Crippen MR) is 62.4 cm³/mol. The fourth-order valence-corrected chi connectivity index (χ4v) is 1.16. The van der Waals surface area contributed by atoms with E-state index in [4.69, 9.17) is 10.4 Å². The fourth-order valence-electron chi connectivity index (χ4n) is 1.16. The number of hydrogen-bond donors (Lipinski definition) is 2. The van der Waals surface area contributed by atoms with Crippen molar-refractivity contribution in [3.8, 4) is 6.07 Å². The van der Waals surface area contributed by atoms with Gasteiger partial charge in [0.15, 0.2) is 0 Å². The number of rotatable bonds is 1. The zero-order valence-electron chi connectivity index (χ0n) is 8.88. The molecule has 0 radical (unpaired) electrons. The van der Waals surface area contributed by atoms with Crippen LogP contribution < -0.4 is 5.56 Å². The number of nitrogens with one attached hydrogen (secondary N) is 1. The maximum absolute atomic E-state index is 10.8. The van der Waals surface area contributed by atoms with Crippen molar-refractivity contribution >= 4 is 16.9 Å². The lowest BCUT2D eigenvalue weighted by Gasteiger charge is -1.93. The van der Waals surface area contributed by atoms with Gasteiger partial charge in [-0.2, -0.15) is 5.26 Å². The highest BCUT2D eigenvalue weighted by atomic mass is 16.4. The highest BCUT2D eigenvalue weighted by Crippen LogP contribution is 2.06. The Morgan fingerprint density at radius 3 is 2.59 bits per heavy atom. The Morgan fingerprint density at radius 2 is 2.00 bits per heavy atom. The number of carboxylic acid groups (broad SMARTS) is 1. The van der Waals surface area contributed by atoms with Gasteiger partial charge in [0, 0.05) is 11.6 Å². The Kier molecular flexibility index (Phi) is 4.45. The van der Waals surface area contributed by atoms with Crippen LogP contribution in [0.15, 0.2) is 41.2 Å². The number of para-hydroxylation sites is 1. The predicted octanol–water partition coefficient (Wildman–Crippen LogP) is 1.51. The standard InChI is InChI=1S/C9H7NO.C3H3NO2/c11-9-6-5-7-3-1-2-4-8(7)10-9;4-2-1-3(5)6/h1-6H,(H,10,11);1H2,(H,5,6). The van der Waals surface area contributed by atoms with E-state index in [1.54, 1.807) is 0 Å². The summed E-state index contributed by atoms with van der Waals surface area (Å²) >= 11 is 0. The molecule has 0 atom stereocenters. The molecule has 1 aromatic carbocycles. The molecule has 0 spiro atoms. The summed E-state index contributed by atoms with van der Waals surface area (Å²) in [6.45, 7) is 0. The molecule has 0 unspecified atom stereocenters. The maximum atomic E-state index is 10.8. The van der Waals surface area contributed by atoms with Gasteiger partial charge >= 0.3 is 5.97 Å². The van der Waals surface area contributed by atoms with Crippen molar-refractivity contribution in [2.24, 2.45) is 0 Å². The van der Waals surface area contributed by atoms with E-state index in [2.05, 4.69) is 4.98 Å². The van der Waals surface area contributed by atoms with Crippen LogP contribution in [-0.2, 0) is 4.79 Å². The summed E-state index contributed by atoms with van der Waals surface area (Å²) in [6.07, 6.45) is -0.403. The molecule has 0 aliphatic rings. The second-order valence-corrected chi connectivity index (χ2v) is 3.14. The molecule has 5 heteroatoms. The molecule has 5 nitrogen and oxygen atoms in total.